The van der Waals surface area contributed by atoms with Gasteiger partial charge in [-0.25, -0.2) is 0 Å². The van der Waals surface area contributed by atoms with Crippen molar-refractivity contribution in [3.05, 3.63) is 35.9 Å². The number of benzene rings is 1. The fourth-order valence-corrected chi connectivity index (χ4v) is 3.35. The number of hydrogen-bond acceptors (Lipinski definition) is 2. The Bertz CT molecular complexity index is 544. The highest BCUT2D eigenvalue weighted by atomic mass is 16.1. The van der Waals surface area contributed by atoms with Gasteiger partial charge in [0.25, 0.3) is 0 Å². The molecular weight excluding hydrogens is 300 g/mol. The SMILES string of the molecule is CCNC(=NCCNC(C)=O)N1CCC(c2ccccc2)C(C)C1. The average Bonchev–Trinajstić information content (AvgIpc) is 2.58. The van der Waals surface area contributed by atoms with Gasteiger partial charge in [-0.1, -0.05) is 37.3 Å². The molecule has 1 aromatic rings. The number of nitrogens with one attached hydrogen (secondary N) is 2. The van der Waals surface area contributed by atoms with Gasteiger partial charge in [0, 0.05) is 33.1 Å². The average molecular weight is 330 g/mol. The number of nitrogens with zero attached hydrogens (tertiary/aromatic N) is 2. The maximum Gasteiger partial charge on any atom is 0.216 e. The van der Waals surface area contributed by atoms with Gasteiger partial charge in [0.2, 0.25) is 5.91 Å². The lowest BCUT2D eigenvalue weighted by atomic mass is 9.82. The van der Waals surface area contributed by atoms with Gasteiger partial charge >= 0.3 is 0 Å². The standard InChI is InChI=1S/C19H30N4O/c1-4-20-19(22-12-11-21-16(3)24)23-13-10-18(15(2)14-23)17-8-6-5-7-9-17/h5-9,15,18H,4,10-14H2,1-3H3,(H,20,22)(H,21,24). The van der Waals surface area contributed by atoms with Crippen molar-refractivity contribution in [1.82, 2.24) is 15.5 Å². The second-order valence-corrected chi connectivity index (χ2v) is 6.45. The molecule has 0 bridgehead atoms. The molecule has 1 heterocycles. The molecule has 132 valence electrons. The van der Waals surface area contributed by atoms with E-state index in [-0.39, 0.29) is 5.91 Å². The normalized spacial score (nSPS) is 21.5. The molecule has 1 aliphatic rings. The van der Waals surface area contributed by atoms with E-state index in [0.717, 1.165) is 32.0 Å². The summed E-state index contributed by atoms with van der Waals surface area (Å²) in [6.45, 7) is 10.0. The minimum Gasteiger partial charge on any atom is -0.357 e. The Morgan fingerprint density at radius 3 is 2.67 bits per heavy atom. The molecule has 5 nitrogen and oxygen atoms in total. The van der Waals surface area contributed by atoms with E-state index < -0.39 is 0 Å². The largest absolute Gasteiger partial charge is 0.357 e. The van der Waals surface area contributed by atoms with Gasteiger partial charge in [0.1, 0.15) is 0 Å². The van der Waals surface area contributed by atoms with E-state index in [2.05, 4.69) is 64.7 Å². The Hall–Kier alpha value is -2.04. The third kappa shape index (κ3) is 5.25. The third-order valence-electron chi connectivity index (χ3n) is 4.51. The molecule has 1 aliphatic heterocycles. The highest BCUT2D eigenvalue weighted by Crippen LogP contribution is 2.32. The minimum absolute atomic E-state index is 0.00695. The fraction of sp³-hybridized carbons (Fsp3) is 0.579. The minimum atomic E-state index is -0.00695. The van der Waals surface area contributed by atoms with Crippen molar-refractivity contribution >= 4 is 11.9 Å². The molecule has 5 heteroatoms. The Balaban J connectivity index is 1.95. The molecule has 24 heavy (non-hydrogen) atoms. The Kier molecular flexibility index (Phi) is 7.09. The van der Waals surface area contributed by atoms with E-state index in [9.17, 15) is 4.79 Å². The highest BCUT2D eigenvalue weighted by Gasteiger charge is 2.28. The van der Waals surface area contributed by atoms with Crippen molar-refractivity contribution in [2.45, 2.75) is 33.1 Å². The molecule has 2 rings (SSSR count). The van der Waals surface area contributed by atoms with Crippen molar-refractivity contribution in [2.24, 2.45) is 10.9 Å². The summed E-state index contributed by atoms with van der Waals surface area (Å²) in [6, 6.07) is 10.8. The lowest BCUT2D eigenvalue weighted by Gasteiger charge is -2.39. The van der Waals surface area contributed by atoms with Crippen LogP contribution in [0.3, 0.4) is 0 Å². The topological polar surface area (TPSA) is 56.7 Å². The summed E-state index contributed by atoms with van der Waals surface area (Å²) in [4.78, 5) is 18.0. The number of guanidine groups is 1. The molecule has 1 amide bonds. The van der Waals surface area contributed by atoms with Crippen molar-refractivity contribution in [1.29, 1.82) is 0 Å². The van der Waals surface area contributed by atoms with Gasteiger partial charge in [0.15, 0.2) is 5.96 Å². The summed E-state index contributed by atoms with van der Waals surface area (Å²) in [6.07, 6.45) is 1.14. The van der Waals surface area contributed by atoms with Crippen LogP contribution in [-0.2, 0) is 4.79 Å². The van der Waals surface area contributed by atoms with Gasteiger partial charge in [-0.3, -0.25) is 9.79 Å². The quantitative estimate of drug-likeness (QED) is 0.494. The van der Waals surface area contributed by atoms with Crippen LogP contribution in [-0.4, -0.2) is 49.5 Å². The highest BCUT2D eigenvalue weighted by molar-refractivity contribution is 5.80. The van der Waals surface area contributed by atoms with Crippen molar-refractivity contribution < 1.29 is 4.79 Å². The van der Waals surface area contributed by atoms with Crippen LogP contribution in [0.2, 0.25) is 0 Å². The lowest BCUT2D eigenvalue weighted by molar-refractivity contribution is -0.118. The Morgan fingerprint density at radius 2 is 2.04 bits per heavy atom. The van der Waals surface area contributed by atoms with Crippen LogP contribution in [0.1, 0.15) is 38.7 Å². The summed E-state index contributed by atoms with van der Waals surface area (Å²) < 4.78 is 0. The first-order valence-corrected chi connectivity index (χ1v) is 8.94. The van der Waals surface area contributed by atoms with Crippen molar-refractivity contribution in [2.75, 3.05) is 32.7 Å². The maximum absolute atomic E-state index is 10.9. The molecular formula is C19H30N4O. The van der Waals surface area contributed by atoms with E-state index >= 15 is 0 Å². The number of piperidine rings is 1. The second kappa shape index (κ2) is 9.30. The van der Waals surface area contributed by atoms with Gasteiger partial charge in [-0.2, -0.15) is 0 Å². The second-order valence-electron chi connectivity index (χ2n) is 6.45. The molecule has 0 radical (unpaired) electrons. The van der Waals surface area contributed by atoms with Crippen LogP contribution in [0.4, 0.5) is 0 Å². The number of hydrogen-bond donors (Lipinski definition) is 2. The zero-order chi connectivity index (χ0) is 17.4. The van der Waals surface area contributed by atoms with Crippen molar-refractivity contribution in [3.8, 4) is 0 Å². The molecule has 0 aliphatic carbocycles. The van der Waals surface area contributed by atoms with Gasteiger partial charge in [-0.15, -0.1) is 0 Å². The van der Waals surface area contributed by atoms with Crippen molar-refractivity contribution in [3.63, 3.8) is 0 Å². The van der Waals surface area contributed by atoms with Crippen LogP contribution in [0.15, 0.2) is 35.3 Å². The Morgan fingerprint density at radius 1 is 1.29 bits per heavy atom. The number of carbonyl (C=O) groups excluding carboxylic acids is 1. The third-order valence-corrected chi connectivity index (χ3v) is 4.51. The monoisotopic (exact) mass is 330 g/mol. The van der Waals surface area contributed by atoms with E-state index in [0.29, 0.717) is 24.9 Å². The number of aliphatic imine (C=N–C) groups is 1. The molecule has 0 spiro atoms. The summed E-state index contributed by atoms with van der Waals surface area (Å²) in [5.74, 6) is 2.15. The van der Waals surface area contributed by atoms with Crippen LogP contribution < -0.4 is 10.6 Å². The molecule has 2 N–H and O–H groups in total. The number of amides is 1. The summed E-state index contributed by atoms with van der Waals surface area (Å²) >= 11 is 0. The van der Waals surface area contributed by atoms with Gasteiger partial charge in [0.05, 0.1) is 6.54 Å². The van der Waals surface area contributed by atoms with Gasteiger partial charge < -0.3 is 15.5 Å². The van der Waals surface area contributed by atoms with E-state index in [1.165, 1.54) is 12.5 Å². The molecule has 0 aromatic heterocycles. The number of carbonyl (C=O) groups is 1. The zero-order valence-electron chi connectivity index (χ0n) is 15.1. The van der Waals surface area contributed by atoms with Crippen LogP contribution in [0, 0.1) is 5.92 Å². The van der Waals surface area contributed by atoms with E-state index in [4.69, 9.17) is 0 Å². The first kappa shape index (κ1) is 18.3. The first-order valence-electron chi connectivity index (χ1n) is 8.94. The molecule has 1 aromatic carbocycles. The van der Waals surface area contributed by atoms with Crippen LogP contribution >= 0.6 is 0 Å². The van der Waals surface area contributed by atoms with Gasteiger partial charge in [-0.05, 0) is 30.7 Å². The van der Waals surface area contributed by atoms with Crippen LogP contribution in [0.25, 0.3) is 0 Å². The summed E-state index contributed by atoms with van der Waals surface area (Å²) in [5, 5.41) is 6.17. The lowest BCUT2D eigenvalue weighted by Crippen LogP contribution is -2.48. The zero-order valence-corrected chi connectivity index (χ0v) is 15.1. The maximum atomic E-state index is 10.9. The van der Waals surface area contributed by atoms with E-state index in [1.54, 1.807) is 0 Å². The van der Waals surface area contributed by atoms with E-state index in [1.807, 2.05) is 0 Å². The number of rotatable bonds is 5. The number of likely N-dealkylation sites (tertiary alicyclic amines) is 1. The Labute approximate surface area is 145 Å². The predicted octanol–water partition coefficient (Wildman–Crippen LogP) is 2.21. The fourth-order valence-electron chi connectivity index (χ4n) is 3.35. The predicted molar refractivity (Wildman–Crippen MR) is 99.2 cm³/mol. The molecule has 1 saturated heterocycles. The summed E-state index contributed by atoms with van der Waals surface area (Å²) in [5.41, 5.74) is 1.44. The first-order chi connectivity index (χ1) is 11.6. The summed E-state index contributed by atoms with van der Waals surface area (Å²) in [7, 11) is 0. The molecule has 2 unspecified atom stereocenters. The molecule has 2 atom stereocenters. The molecule has 0 saturated carbocycles. The molecule has 1 fully saturated rings. The smallest absolute Gasteiger partial charge is 0.216 e. The van der Waals surface area contributed by atoms with Crippen LogP contribution in [0.5, 0.6) is 0 Å².